The molecule has 4 aliphatic heterocycles. The number of ether oxygens (including phenoxy) is 2. The number of carbonyl (C=O) groups is 12. The van der Waals surface area contributed by atoms with Crippen molar-refractivity contribution < 1.29 is 85.3 Å². The number of aliphatic hydroxyl groups is 1. The van der Waals surface area contributed by atoms with Crippen molar-refractivity contribution in [3.63, 3.8) is 0 Å². The van der Waals surface area contributed by atoms with Crippen LogP contribution < -0.4 is 52.8 Å². The number of aromatic amines is 1. The number of aromatic nitrogens is 1. The third-order valence-electron chi connectivity index (χ3n) is 20.9. The monoisotopic (exact) mass is 1500 g/mol. The molecule has 1 aromatic heterocycles. The van der Waals surface area contributed by atoms with Crippen molar-refractivity contribution in [2.45, 2.75) is 185 Å². The van der Waals surface area contributed by atoms with Crippen LogP contribution in [0, 0.1) is 35.3 Å². The van der Waals surface area contributed by atoms with Crippen molar-refractivity contribution in [1.82, 2.24) is 46.7 Å². The Morgan fingerprint density at radius 2 is 1.45 bits per heavy atom. The van der Waals surface area contributed by atoms with Crippen LogP contribution in [0.15, 0.2) is 97.2 Å². The maximum atomic E-state index is 16.3. The van der Waals surface area contributed by atoms with Crippen LogP contribution in [0.5, 0.6) is 11.5 Å². The third-order valence-corrected chi connectivity index (χ3v) is 20.9. The van der Waals surface area contributed by atoms with Gasteiger partial charge in [-0.25, -0.2) is 13.2 Å². The van der Waals surface area contributed by atoms with Crippen LogP contribution in [-0.4, -0.2) is 184 Å². The molecular weight excluding hydrogens is 1400 g/mol. The first-order chi connectivity index (χ1) is 51.4. The number of nitrogens with one attached hydrogen (secondary N) is 7. The number of nitrogens with zero attached hydrogens (tertiary/aromatic N) is 2. The number of benzene rings is 4. The van der Waals surface area contributed by atoms with Gasteiger partial charge in [0, 0.05) is 85.8 Å². The first kappa shape index (κ1) is 81.8. The number of aliphatic hydroxyl groups excluding tert-OH is 1. The smallest absolute Gasteiger partial charge is 0.246 e. The van der Waals surface area contributed by atoms with Crippen molar-refractivity contribution >= 4 is 87.0 Å². The first-order valence-corrected chi connectivity index (χ1v) is 36.8. The van der Waals surface area contributed by atoms with Crippen LogP contribution >= 0.6 is 0 Å². The van der Waals surface area contributed by atoms with Crippen molar-refractivity contribution in [1.29, 1.82) is 0 Å². The van der Waals surface area contributed by atoms with Gasteiger partial charge in [0.1, 0.15) is 60.1 Å². The van der Waals surface area contributed by atoms with Gasteiger partial charge in [0.2, 0.25) is 53.2 Å². The van der Waals surface area contributed by atoms with Crippen LogP contribution in [-0.2, 0) is 83.2 Å². The molecule has 4 aromatic carbocycles. The van der Waals surface area contributed by atoms with E-state index in [1.807, 2.05) is 0 Å². The van der Waals surface area contributed by atoms with Gasteiger partial charge in [0.25, 0.3) is 0 Å². The van der Waals surface area contributed by atoms with E-state index in [0.717, 1.165) is 4.90 Å². The number of unbranched alkanes of at least 4 members (excludes halogenated alkanes) is 1. The Morgan fingerprint density at radius 3 is 2.15 bits per heavy atom. The second-order valence-electron chi connectivity index (χ2n) is 29.2. The fourth-order valence-electron chi connectivity index (χ4n) is 14.5. The number of carbonyl (C=O) groups excluding carboxylic acids is 12. The summed E-state index contributed by atoms with van der Waals surface area (Å²) < 4.78 is 57.7. The highest BCUT2D eigenvalue weighted by atomic mass is 19.1. The van der Waals surface area contributed by atoms with E-state index in [1.165, 1.54) is 62.4 Å². The summed E-state index contributed by atoms with van der Waals surface area (Å²) in [4.78, 5) is 180. The molecule has 2 fully saturated rings. The number of rotatable bonds is 15. The molecule has 5 aromatic rings. The van der Waals surface area contributed by atoms with Gasteiger partial charge in [-0.2, -0.15) is 0 Å². The predicted molar refractivity (Wildman–Crippen MR) is 392 cm³/mol. The second kappa shape index (κ2) is 37.0. The van der Waals surface area contributed by atoms with Crippen molar-refractivity contribution in [3.05, 3.63) is 137 Å². The number of hydrogen-bond acceptors (Lipinski definition) is 16. The number of nitrogens with two attached hydrogens (primary N) is 2. The number of Topliss-reactive ketones (excluding diaryl/α,β-unsaturated/α-hetero) is 3. The number of amides is 9. The molecule has 26 nitrogen and oxygen atoms in total. The maximum Gasteiger partial charge on any atom is 0.246 e. The largest absolute Gasteiger partial charge is 0.497 e. The lowest BCUT2D eigenvalue weighted by atomic mass is 9.84. The van der Waals surface area contributed by atoms with Crippen LogP contribution in [0.4, 0.5) is 13.2 Å². The van der Waals surface area contributed by atoms with E-state index < -0.39 is 199 Å². The summed E-state index contributed by atoms with van der Waals surface area (Å²) in [5.41, 5.74) is 13.6. The van der Waals surface area contributed by atoms with Crippen molar-refractivity contribution in [2.75, 3.05) is 39.9 Å². The quantitative estimate of drug-likeness (QED) is 0.0643. The molecule has 2 bridgehead atoms. The van der Waals surface area contributed by atoms with E-state index in [1.54, 1.807) is 81.4 Å². The Bertz CT molecular complexity index is 4190. The molecule has 0 radical (unpaired) electrons. The summed E-state index contributed by atoms with van der Waals surface area (Å²) in [6, 6.07) is 11.4. The zero-order chi connectivity index (χ0) is 78.3. The summed E-state index contributed by atoms with van der Waals surface area (Å²) in [5, 5.41) is 27.8. The number of fused-ring (bicyclic) bond motifs is 32. The Kier molecular flexibility index (Phi) is 28.0. The lowest BCUT2D eigenvalue weighted by Gasteiger charge is -2.37. The molecule has 108 heavy (non-hydrogen) atoms. The van der Waals surface area contributed by atoms with Crippen molar-refractivity contribution in [3.8, 4) is 11.5 Å². The van der Waals surface area contributed by atoms with E-state index in [2.05, 4.69) is 36.9 Å². The molecule has 580 valence electrons. The average Bonchev–Trinajstić information content (AvgIpc) is 1.39. The fourth-order valence-corrected chi connectivity index (χ4v) is 14.5. The second-order valence-corrected chi connectivity index (χ2v) is 29.2. The minimum atomic E-state index is -1.89. The summed E-state index contributed by atoms with van der Waals surface area (Å²) in [5.74, 6) is -14.3. The summed E-state index contributed by atoms with van der Waals surface area (Å²) in [6.07, 6.45) is -2.37. The Balaban J connectivity index is 1.07. The van der Waals surface area contributed by atoms with E-state index >= 15 is 27.6 Å². The zero-order valence-electron chi connectivity index (χ0n) is 61.7. The number of halogens is 3. The van der Waals surface area contributed by atoms with Gasteiger partial charge in [0.15, 0.2) is 17.3 Å². The van der Waals surface area contributed by atoms with Gasteiger partial charge >= 0.3 is 0 Å². The van der Waals surface area contributed by atoms with Gasteiger partial charge in [-0.1, -0.05) is 56.7 Å². The minimum Gasteiger partial charge on any atom is -0.497 e. The Hall–Kier alpha value is -10.3. The third kappa shape index (κ3) is 20.9. The molecule has 9 amide bonds. The highest BCUT2D eigenvalue weighted by Crippen LogP contribution is 2.36. The zero-order valence-corrected chi connectivity index (χ0v) is 61.7. The number of H-pyrrole nitrogens is 1. The van der Waals surface area contributed by atoms with E-state index in [-0.39, 0.29) is 71.2 Å². The lowest BCUT2D eigenvalue weighted by molar-refractivity contribution is -0.147. The van der Waals surface area contributed by atoms with Gasteiger partial charge in [-0.15, -0.1) is 0 Å². The normalized spacial score (nSPS) is 25.6. The summed E-state index contributed by atoms with van der Waals surface area (Å²) in [6.45, 7) is 6.70. The summed E-state index contributed by atoms with van der Waals surface area (Å²) in [7, 11) is 1.46. The maximum absolute atomic E-state index is 16.3. The Morgan fingerprint density at radius 1 is 0.769 bits per heavy atom. The van der Waals surface area contributed by atoms with Crippen LogP contribution in [0.1, 0.15) is 133 Å². The van der Waals surface area contributed by atoms with Gasteiger partial charge in [-0.3, -0.25) is 57.5 Å². The van der Waals surface area contributed by atoms with Crippen molar-refractivity contribution in [2.24, 2.45) is 35.1 Å². The summed E-state index contributed by atoms with van der Waals surface area (Å²) >= 11 is 0. The van der Waals surface area contributed by atoms with Gasteiger partial charge in [0.05, 0.1) is 50.3 Å². The molecule has 0 unspecified atom stereocenters. The lowest BCUT2D eigenvalue weighted by Crippen LogP contribution is -2.62. The number of methoxy groups -OCH3 is 1. The van der Waals surface area contributed by atoms with Crippen LogP contribution in [0.3, 0.4) is 0 Å². The Labute approximate surface area is 624 Å². The molecule has 5 heterocycles. The van der Waals surface area contributed by atoms with Crippen LogP contribution in [0.2, 0.25) is 0 Å². The molecule has 12 atom stereocenters. The van der Waals surface area contributed by atoms with E-state index in [9.17, 15) is 48.3 Å². The molecule has 0 spiro atoms. The minimum absolute atomic E-state index is 0.000916. The number of hydrogen-bond donors (Lipinski definition) is 10. The predicted octanol–water partition coefficient (Wildman–Crippen LogP) is 4.55. The number of primary amides is 1. The van der Waals surface area contributed by atoms with Gasteiger partial charge in [-0.05, 0) is 160 Å². The van der Waals surface area contributed by atoms with E-state index in [0.29, 0.717) is 75.1 Å². The first-order valence-electron chi connectivity index (χ1n) is 36.8. The fraction of sp³-hybridized carbons (Fsp3) is 0.494. The van der Waals surface area contributed by atoms with Crippen LogP contribution in [0.25, 0.3) is 16.5 Å². The molecular formula is C79H98F3N11O15. The average molecular weight is 1500 g/mol. The topological polar surface area (TPSA) is 390 Å². The number of alkyl halides is 1. The molecule has 29 heteroatoms. The molecule has 2 saturated heterocycles. The van der Waals surface area contributed by atoms with Gasteiger partial charge < -0.3 is 72.7 Å². The molecule has 10 rings (SSSR count). The number of ketones is 3. The number of allylic oxidation sites excluding steroid dienone is 1. The molecule has 12 N–H and O–H groups in total. The molecule has 1 aliphatic carbocycles. The van der Waals surface area contributed by atoms with E-state index in [4.69, 9.17) is 20.9 Å². The molecule has 0 saturated carbocycles. The highest BCUT2D eigenvalue weighted by Gasteiger charge is 2.49. The highest BCUT2D eigenvalue weighted by molar-refractivity contribution is 6.01. The SMILES string of the molecule is COc1ccc(C[C@@H]2NC(=O)[C@H]([C@@H](C)O)NC(=O)[C@@H]3C[C@H](F)CN3C(=O)[C@H](CC3=CCc4ccc(F)cc43)NC(=O)[C@H](Cc3c[nH]c4ccc(F)cc34)CC(=O)[C@@H](C)NC(=O)[C@H](CCCCN)CC(=O)[C@@H](NC(=O)C(C)C)CC(=O)NCCOc3ccc(cc3)C[C@@H](C(N)=O)CC(=O)[C@]3(C)CCCN3C2=O)cc1. The molecule has 5 aliphatic rings. The standard InChI is InChI=1S/C79H98F3N11O15/c1-43(2)72(100)88-62-40-69(98)85-27-29-108-58-22-13-46(14-23-58)30-51(71(84)99)36-68(97)79(5)25-9-28-93(79)78(106)63(31-47-11-20-57(107-6)21-12-47)90-76(104)70(45(4)94)91-75(103)65-39-56(82)42-92(65)77(105)64(33-49-16-15-48-17-18-54(80)37-59(48)49)89-74(102)52(32-53-41-86-61-24-19-55(81)38-60(53)61)35-66(95)44(3)87-73(101)50(34-67(62)96)10-7-8-26-83/h11-14,16-24,37-38,41,43-45,50-52,56,62-65,70,86,94H,7-10,15,25-36,39-40,42,83H2,1-6H3,(H2,84,99)(H,85,98)(H,87,101)(H,88,100)(H,89,102)(H,90,104)(H,91,103)/t44-,45-,50-,51-,52-,56+,62+,63+,64+,65+,70+,79+/m1/s1.